The Morgan fingerprint density at radius 3 is 3.00 bits per heavy atom. The van der Waals surface area contributed by atoms with Crippen molar-refractivity contribution in [3.05, 3.63) is 28.3 Å². The van der Waals surface area contributed by atoms with Crippen molar-refractivity contribution in [2.45, 2.75) is 32.9 Å². The number of methoxy groups -OCH3 is 1. The van der Waals surface area contributed by atoms with E-state index in [1.165, 1.54) is 5.56 Å². The van der Waals surface area contributed by atoms with Crippen molar-refractivity contribution >= 4 is 16.5 Å². The summed E-state index contributed by atoms with van der Waals surface area (Å²) in [6.07, 6.45) is 1.15. The van der Waals surface area contributed by atoms with Crippen LogP contribution >= 0.6 is 11.3 Å². The molecule has 3 rings (SSSR count). The molecule has 2 aromatic rings. The summed E-state index contributed by atoms with van der Waals surface area (Å²) >= 11 is 1.55. The van der Waals surface area contributed by atoms with Crippen molar-refractivity contribution in [3.63, 3.8) is 0 Å². The van der Waals surface area contributed by atoms with Gasteiger partial charge in [-0.2, -0.15) is 0 Å². The third-order valence-corrected chi connectivity index (χ3v) is 4.03. The molecule has 1 atom stereocenters. The smallest absolute Gasteiger partial charge is 0.205 e. The van der Waals surface area contributed by atoms with Gasteiger partial charge in [0.05, 0.1) is 7.11 Å². The molecule has 106 valence electrons. The number of benzene rings is 1. The van der Waals surface area contributed by atoms with E-state index in [9.17, 15) is 0 Å². The van der Waals surface area contributed by atoms with Crippen molar-refractivity contribution < 1.29 is 9.47 Å². The second kappa shape index (κ2) is 5.28. The van der Waals surface area contributed by atoms with Gasteiger partial charge in [-0.1, -0.05) is 11.3 Å². The Balaban J connectivity index is 1.83. The van der Waals surface area contributed by atoms with Crippen molar-refractivity contribution in [3.8, 4) is 11.5 Å². The van der Waals surface area contributed by atoms with Gasteiger partial charge < -0.3 is 14.8 Å². The van der Waals surface area contributed by atoms with E-state index < -0.39 is 0 Å². The van der Waals surface area contributed by atoms with Crippen LogP contribution in [0.15, 0.2) is 12.1 Å². The van der Waals surface area contributed by atoms with Gasteiger partial charge in [-0.05, 0) is 26.0 Å². The number of aryl methyl sites for hydroxylation is 1. The van der Waals surface area contributed by atoms with Crippen molar-refractivity contribution in [2.24, 2.45) is 0 Å². The van der Waals surface area contributed by atoms with Crippen LogP contribution in [0.4, 0.5) is 5.13 Å². The van der Waals surface area contributed by atoms with Crippen LogP contribution in [-0.2, 0) is 13.0 Å². The van der Waals surface area contributed by atoms with Crippen LogP contribution < -0.4 is 14.8 Å². The molecular formula is C14H17N3O2S. The average molecular weight is 291 g/mol. The lowest BCUT2D eigenvalue weighted by molar-refractivity contribution is 0.252. The summed E-state index contributed by atoms with van der Waals surface area (Å²) in [7, 11) is 1.69. The fourth-order valence-electron chi connectivity index (χ4n) is 2.37. The highest BCUT2D eigenvalue weighted by atomic mass is 32.1. The lowest BCUT2D eigenvalue weighted by Gasteiger charge is -2.11. The van der Waals surface area contributed by atoms with Gasteiger partial charge >= 0.3 is 0 Å². The first kappa shape index (κ1) is 13.2. The van der Waals surface area contributed by atoms with Crippen molar-refractivity contribution in [2.75, 3.05) is 12.4 Å². The molecule has 2 heterocycles. The van der Waals surface area contributed by atoms with E-state index in [-0.39, 0.29) is 6.10 Å². The van der Waals surface area contributed by atoms with Crippen LogP contribution in [0.3, 0.4) is 0 Å². The molecule has 0 spiro atoms. The largest absolute Gasteiger partial charge is 0.497 e. The van der Waals surface area contributed by atoms with Gasteiger partial charge in [-0.15, -0.1) is 10.2 Å². The van der Waals surface area contributed by atoms with Crippen molar-refractivity contribution in [1.82, 2.24) is 10.2 Å². The maximum Gasteiger partial charge on any atom is 0.205 e. The highest BCUT2D eigenvalue weighted by Gasteiger charge is 2.23. The third kappa shape index (κ3) is 2.56. The molecule has 20 heavy (non-hydrogen) atoms. The highest BCUT2D eigenvalue weighted by Crippen LogP contribution is 2.36. The minimum Gasteiger partial charge on any atom is -0.497 e. The normalized spacial score (nSPS) is 16.6. The van der Waals surface area contributed by atoms with Crippen molar-refractivity contribution in [1.29, 1.82) is 0 Å². The van der Waals surface area contributed by atoms with Gasteiger partial charge in [-0.25, -0.2) is 0 Å². The predicted molar refractivity (Wildman–Crippen MR) is 78.8 cm³/mol. The number of aromatic nitrogens is 2. The first-order chi connectivity index (χ1) is 9.65. The molecule has 6 heteroatoms. The molecule has 0 saturated carbocycles. The zero-order chi connectivity index (χ0) is 14.1. The van der Waals surface area contributed by atoms with E-state index in [0.717, 1.165) is 33.6 Å². The van der Waals surface area contributed by atoms with E-state index in [1.54, 1.807) is 18.4 Å². The van der Waals surface area contributed by atoms with Gasteiger partial charge in [0.25, 0.3) is 0 Å². The molecular weight excluding hydrogens is 274 g/mol. The highest BCUT2D eigenvalue weighted by molar-refractivity contribution is 7.15. The summed E-state index contributed by atoms with van der Waals surface area (Å²) in [5.74, 6) is 1.85. The summed E-state index contributed by atoms with van der Waals surface area (Å²) in [6, 6.07) is 4.06. The standard InChI is InChI=1S/C14H17N3O2S/c1-8-4-10-5-12(18-3)6-11(13(10)19-8)7-15-14-17-16-9(2)20-14/h5-6,8H,4,7H2,1-3H3,(H,15,17)/t8-/m0/s1. The SMILES string of the molecule is COc1cc(CNc2nnc(C)s2)c2c(c1)C[C@H](C)O2. The lowest BCUT2D eigenvalue weighted by atomic mass is 10.1. The number of anilines is 1. The summed E-state index contributed by atoms with van der Waals surface area (Å²) in [5.41, 5.74) is 2.30. The second-order valence-electron chi connectivity index (χ2n) is 4.89. The van der Waals surface area contributed by atoms with E-state index >= 15 is 0 Å². The maximum atomic E-state index is 5.90. The molecule has 0 saturated heterocycles. The van der Waals surface area contributed by atoms with E-state index in [1.807, 2.05) is 13.0 Å². The molecule has 5 nitrogen and oxygen atoms in total. The third-order valence-electron chi connectivity index (χ3n) is 3.23. The number of ether oxygens (including phenoxy) is 2. The number of fused-ring (bicyclic) bond motifs is 1. The van der Waals surface area contributed by atoms with Crippen LogP contribution in [0.5, 0.6) is 11.5 Å². The maximum absolute atomic E-state index is 5.90. The Hall–Kier alpha value is -1.82. The molecule has 0 aliphatic carbocycles. The first-order valence-corrected chi connectivity index (χ1v) is 7.38. The van der Waals surface area contributed by atoms with Gasteiger partial charge in [0.15, 0.2) is 0 Å². The minimum atomic E-state index is 0.222. The topological polar surface area (TPSA) is 56.3 Å². The lowest BCUT2D eigenvalue weighted by Crippen LogP contribution is -2.07. The molecule has 1 aliphatic heterocycles. The van der Waals surface area contributed by atoms with Crippen LogP contribution in [0.1, 0.15) is 23.1 Å². The number of hydrogen-bond acceptors (Lipinski definition) is 6. The van der Waals surface area contributed by atoms with E-state index in [2.05, 4.69) is 28.5 Å². The molecule has 1 aromatic heterocycles. The first-order valence-electron chi connectivity index (χ1n) is 6.56. The van der Waals surface area contributed by atoms with E-state index in [0.29, 0.717) is 6.54 Å². The average Bonchev–Trinajstić information content (AvgIpc) is 3.00. The summed E-state index contributed by atoms with van der Waals surface area (Å²) in [4.78, 5) is 0. The monoisotopic (exact) mass is 291 g/mol. The number of nitrogens with zero attached hydrogens (tertiary/aromatic N) is 2. The Bertz CT molecular complexity index is 627. The Morgan fingerprint density at radius 1 is 1.45 bits per heavy atom. The summed E-state index contributed by atoms with van der Waals surface area (Å²) in [5, 5.41) is 13.1. The minimum absolute atomic E-state index is 0.222. The molecule has 1 aliphatic rings. The molecule has 0 fully saturated rings. The molecule has 1 N–H and O–H groups in total. The number of rotatable bonds is 4. The second-order valence-corrected chi connectivity index (χ2v) is 6.07. The van der Waals surface area contributed by atoms with Gasteiger partial charge in [0.2, 0.25) is 5.13 Å². The van der Waals surface area contributed by atoms with Crippen LogP contribution in [0.2, 0.25) is 0 Å². The molecule has 0 bridgehead atoms. The van der Waals surface area contributed by atoms with E-state index in [4.69, 9.17) is 9.47 Å². The van der Waals surface area contributed by atoms with Crippen LogP contribution in [0, 0.1) is 6.92 Å². The molecule has 0 radical (unpaired) electrons. The fourth-order valence-corrected chi connectivity index (χ4v) is 2.95. The zero-order valence-corrected chi connectivity index (χ0v) is 12.6. The van der Waals surface area contributed by atoms with Gasteiger partial charge in [-0.3, -0.25) is 0 Å². The number of nitrogens with one attached hydrogen (secondary N) is 1. The number of hydrogen-bond donors (Lipinski definition) is 1. The van der Waals surface area contributed by atoms with Crippen LogP contribution in [0.25, 0.3) is 0 Å². The van der Waals surface area contributed by atoms with Gasteiger partial charge in [0, 0.05) is 24.1 Å². The zero-order valence-electron chi connectivity index (χ0n) is 11.8. The van der Waals surface area contributed by atoms with Gasteiger partial charge in [0.1, 0.15) is 22.6 Å². The molecule has 0 unspecified atom stereocenters. The van der Waals surface area contributed by atoms with Crippen LogP contribution in [-0.4, -0.2) is 23.4 Å². The molecule has 1 aromatic carbocycles. The molecule has 0 amide bonds. The summed E-state index contributed by atoms with van der Waals surface area (Å²) in [6.45, 7) is 4.68. The fraction of sp³-hybridized carbons (Fsp3) is 0.429. The predicted octanol–water partition coefficient (Wildman–Crippen LogP) is 2.79. The Kier molecular flexibility index (Phi) is 3.48. The Labute approximate surface area is 121 Å². The Morgan fingerprint density at radius 2 is 2.30 bits per heavy atom. The summed E-state index contributed by atoms with van der Waals surface area (Å²) < 4.78 is 11.3. The quantitative estimate of drug-likeness (QED) is 0.938.